The van der Waals surface area contributed by atoms with E-state index in [1.807, 2.05) is 0 Å². The standard InChI is InChI=1S/C22H22O8/c1-25-16-4-10(5-17(26-2)21(16)27-3)18-11-6-14-15(30-9-29-14)7-12(11)20(23)13-8-28-22(24)19(13)18/h4-7,13,18-20,23H,8-9H2,1-3H3/t13-,18+,19-,20-/m0/s1/i3D3. The van der Waals surface area contributed by atoms with Gasteiger partial charge in [-0.3, -0.25) is 4.79 Å². The molecule has 158 valence electrons. The zero-order valence-electron chi connectivity index (χ0n) is 19.3. The van der Waals surface area contributed by atoms with Crippen LogP contribution in [0.2, 0.25) is 0 Å². The van der Waals surface area contributed by atoms with Crippen LogP contribution < -0.4 is 23.7 Å². The summed E-state index contributed by atoms with van der Waals surface area (Å²) in [5.74, 6) is -0.869. The number of carbonyl (C=O) groups excluding carboxylic acids is 1. The lowest BCUT2D eigenvalue weighted by Crippen LogP contribution is -2.34. The van der Waals surface area contributed by atoms with Gasteiger partial charge in [-0.05, 0) is 41.0 Å². The van der Waals surface area contributed by atoms with Crippen LogP contribution in [0, 0.1) is 11.8 Å². The van der Waals surface area contributed by atoms with E-state index in [0.29, 0.717) is 28.2 Å². The molecule has 4 atom stereocenters. The summed E-state index contributed by atoms with van der Waals surface area (Å²) in [6.07, 6.45) is -0.927. The summed E-state index contributed by atoms with van der Waals surface area (Å²) in [6, 6.07) is 6.72. The maximum atomic E-state index is 12.8. The first kappa shape index (κ1) is 15.7. The number of esters is 1. The lowest BCUT2D eigenvalue weighted by Gasteiger charge is -2.37. The van der Waals surface area contributed by atoms with Gasteiger partial charge in [-0.1, -0.05) is 0 Å². The number of cyclic esters (lactones) is 1. The van der Waals surface area contributed by atoms with Crippen molar-refractivity contribution in [1.82, 2.24) is 0 Å². The van der Waals surface area contributed by atoms with Gasteiger partial charge in [-0.2, -0.15) is 0 Å². The first-order valence-electron chi connectivity index (χ1n) is 10.9. The highest BCUT2D eigenvalue weighted by Gasteiger charge is 2.52. The molecule has 2 aromatic carbocycles. The molecule has 0 unspecified atom stereocenters. The predicted molar refractivity (Wildman–Crippen MR) is 103 cm³/mol. The minimum atomic E-state index is -2.72. The number of ether oxygens (including phenoxy) is 6. The summed E-state index contributed by atoms with van der Waals surface area (Å²) >= 11 is 0. The molecule has 8 heteroatoms. The Hall–Kier alpha value is -3.13. The van der Waals surface area contributed by atoms with Crippen molar-refractivity contribution in [2.24, 2.45) is 11.8 Å². The molecule has 0 bridgehead atoms. The largest absolute Gasteiger partial charge is 0.493 e. The van der Waals surface area contributed by atoms with Crippen molar-refractivity contribution in [2.45, 2.75) is 12.0 Å². The molecule has 0 saturated carbocycles. The van der Waals surface area contributed by atoms with Crippen LogP contribution in [0.3, 0.4) is 0 Å². The lowest BCUT2D eigenvalue weighted by atomic mass is 9.66. The Labute approximate surface area is 177 Å². The SMILES string of the molecule is [2H]C([2H])([2H])Oc1c(OC)cc([C@@H]2c3cc4c(cc3[C@H](O)[C@H]3COC(=O)[C@H]23)OCO4)cc1OC. The smallest absolute Gasteiger partial charge is 0.310 e. The zero-order chi connectivity index (χ0) is 23.5. The van der Waals surface area contributed by atoms with Crippen molar-refractivity contribution >= 4 is 5.97 Å². The highest BCUT2D eigenvalue weighted by molar-refractivity contribution is 5.79. The van der Waals surface area contributed by atoms with Crippen LogP contribution in [0.1, 0.15) is 32.8 Å². The summed E-state index contributed by atoms with van der Waals surface area (Å²) < 4.78 is 54.7. The molecule has 8 nitrogen and oxygen atoms in total. The lowest BCUT2D eigenvalue weighted by molar-refractivity contribution is -0.141. The molecular weight excluding hydrogens is 392 g/mol. The number of benzene rings is 2. The number of hydrogen-bond acceptors (Lipinski definition) is 8. The van der Waals surface area contributed by atoms with Crippen LogP contribution in [0.5, 0.6) is 28.7 Å². The normalized spacial score (nSPS) is 27.8. The summed E-state index contributed by atoms with van der Waals surface area (Å²) in [4.78, 5) is 12.8. The second kappa shape index (κ2) is 6.98. The Balaban J connectivity index is 1.71. The first-order valence-corrected chi connectivity index (χ1v) is 9.45. The Morgan fingerprint density at radius 1 is 1.00 bits per heavy atom. The maximum absolute atomic E-state index is 12.8. The van der Waals surface area contributed by atoms with Crippen LogP contribution in [0.15, 0.2) is 24.3 Å². The third kappa shape index (κ3) is 2.60. The van der Waals surface area contributed by atoms with E-state index in [1.165, 1.54) is 14.2 Å². The molecule has 3 aliphatic rings. The molecule has 1 aliphatic carbocycles. The highest BCUT2D eigenvalue weighted by atomic mass is 16.7. The summed E-state index contributed by atoms with van der Waals surface area (Å²) in [5, 5.41) is 11.1. The number of methoxy groups -OCH3 is 3. The van der Waals surface area contributed by atoms with Crippen LogP contribution in [0.25, 0.3) is 0 Å². The highest BCUT2D eigenvalue weighted by Crippen LogP contribution is 2.55. The van der Waals surface area contributed by atoms with Gasteiger partial charge < -0.3 is 33.5 Å². The van der Waals surface area contributed by atoms with E-state index in [9.17, 15) is 9.90 Å². The molecule has 1 fully saturated rings. The zero-order valence-corrected chi connectivity index (χ0v) is 16.3. The number of aliphatic hydroxyl groups is 1. The Kier molecular flexibility index (Phi) is 3.65. The van der Waals surface area contributed by atoms with Gasteiger partial charge >= 0.3 is 5.97 Å². The molecule has 0 aromatic heterocycles. The third-order valence-electron chi connectivity index (χ3n) is 6.09. The topological polar surface area (TPSA) is 92.7 Å². The van der Waals surface area contributed by atoms with Crippen LogP contribution >= 0.6 is 0 Å². The van der Waals surface area contributed by atoms with Crippen molar-refractivity contribution in [3.05, 3.63) is 41.0 Å². The van der Waals surface area contributed by atoms with Crippen LogP contribution in [0.4, 0.5) is 0 Å². The van der Waals surface area contributed by atoms with E-state index in [-0.39, 0.29) is 30.6 Å². The van der Waals surface area contributed by atoms with Gasteiger partial charge in [0, 0.05) is 11.8 Å². The van der Waals surface area contributed by atoms with E-state index in [1.54, 1.807) is 24.3 Å². The van der Waals surface area contributed by atoms with Gasteiger partial charge in [0.15, 0.2) is 23.0 Å². The molecule has 30 heavy (non-hydrogen) atoms. The number of carbonyl (C=O) groups is 1. The molecule has 0 spiro atoms. The molecule has 1 saturated heterocycles. The van der Waals surface area contributed by atoms with Crippen molar-refractivity contribution in [3.8, 4) is 28.7 Å². The van der Waals surface area contributed by atoms with Gasteiger partial charge in [0.05, 0.1) is 44.0 Å². The van der Waals surface area contributed by atoms with Gasteiger partial charge in [0.1, 0.15) is 0 Å². The number of aliphatic hydroxyl groups excluding tert-OH is 1. The molecule has 1 N–H and O–H groups in total. The molecule has 2 aliphatic heterocycles. The average Bonchev–Trinajstić information content (AvgIpc) is 3.39. The monoisotopic (exact) mass is 417 g/mol. The van der Waals surface area contributed by atoms with Crippen molar-refractivity contribution in [2.75, 3.05) is 34.7 Å². The number of rotatable bonds is 4. The molecular formula is C22H22O8. The Morgan fingerprint density at radius 2 is 1.67 bits per heavy atom. The summed E-state index contributed by atoms with van der Waals surface area (Å²) in [5.41, 5.74) is 1.91. The fraction of sp³-hybridized carbons (Fsp3) is 0.409. The quantitative estimate of drug-likeness (QED) is 0.759. The molecule has 2 heterocycles. The van der Waals surface area contributed by atoms with Gasteiger partial charge in [0.25, 0.3) is 0 Å². The second-order valence-electron chi connectivity index (χ2n) is 7.43. The van der Waals surface area contributed by atoms with E-state index in [0.717, 1.165) is 0 Å². The van der Waals surface area contributed by atoms with Crippen molar-refractivity contribution < 1.29 is 42.4 Å². The van der Waals surface area contributed by atoms with E-state index < -0.39 is 36.9 Å². The summed E-state index contributed by atoms with van der Waals surface area (Å²) in [7, 11) is 0.0459. The third-order valence-corrected chi connectivity index (χ3v) is 6.09. The van der Waals surface area contributed by atoms with E-state index in [2.05, 4.69) is 0 Å². The molecule has 0 amide bonds. The van der Waals surface area contributed by atoms with Crippen molar-refractivity contribution in [3.63, 3.8) is 0 Å². The van der Waals surface area contributed by atoms with E-state index in [4.69, 9.17) is 32.5 Å². The molecule has 0 radical (unpaired) electrons. The minimum absolute atomic E-state index is 0.0662. The Bertz CT molecular complexity index is 1090. The summed E-state index contributed by atoms with van der Waals surface area (Å²) in [6.45, 7) is 0.153. The van der Waals surface area contributed by atoms with Crippen LogP contribution in [-0.4, -0.2) is 45.7 Å². The minimum Gasteiger partial charge on any atom is -0.493 e. The van der Waals surface area contributed by atoms with Gasteiger partial charge in [-0.15, -0.1) is 0 Å². The fourth-order valence-corrected chi connectivity index (χ4v) is 4.71. The van der Waals surface area contributed by atoms with Gasteiger partial charge in [0.2, 0.25) is 12.5 Å². The average molecular weight is 417 g/mol. The number of fused-ring (bicyclic) bond motifs is 3. The Morgan fingerprint density at radius 3 is 2.30 bits per heavy atom. The van der Waals surface area contributed by atoms with Gasteiger partial charge in [-0.25, -0.2) is 0 Å². The van der Waals surface area contributed by atoms with E-state index >= 15 is 0 Å². The first-order chi connectivity index (χ1) is 15.7. The second-order valence-corrected chi connectivity index (χ2v) is 7.43. The van der Waals surface area contributed by atoms with Crippen LogP contribution in [-0.2, 0) is 9.53 Å². The maximum Gasteiger partial charge on any atom is 0.310 e. The predicted octanol–water partition coefficient (Wildman–Crippen LogP) is 2.41. The molecule has 5 rings (SSSR count). The molecule has 2 aromatic rings. The fourth-order valence-electron chi connectivity index (χ4n) is 4.71. The number of hydrogen-bond donors (Lipinski definition) is 1. The van der Waals surface area contributed by atoms with Crippen molar-refractivity contribution in [1.29, 1.82) is 0 Å².